The van der Waals surface area contributed by atoms with E-state index >= 15 is 0 Å². The van der Waals surface area contributed by atoms with E-state index in [0.717, 1.165) is 11.3 Å². The normalized spacial score (nSPS) is 14.7. The highest BCUT2D eigenvalue weighted by Gasteiger charge is 2.33. The lowest BCUT2D eigenvalue weighted by molar-refractivity contribution is -0.385. The van der Waals surface area contributed by atoms with Crippen LogP contribution in [-0.4, -0.2) is 35.3 Å². The van der Waals surface area contributed by atoms with Crippen LogP contribution < -0.4 is 24.4 Å². The van der Waals surface area contributed by atoms with E-state index in [1.165, 1.54) is 16.7 Å². The molecule has 0 fully saturated rings. The molecule has 0 bridgehead atoms. The minimum atomic E-state index is -0.797. The van der Waals surface area contributed by atoms with Gasteiger partial charge >= 0.3 is 11.7 Å². The van der Waals surface area contributed by atoms with Crippen molar-refractivity contribution in [3.05, 3.63) is 93.1 Å². The Bertz CT molecular complexity index is 1730. The summed E-state index contributed by atoms with van der Waals surface area (Å²) in [5.41, 5.74) is 1.01. The third-order valence-electron chi connectivity index (χ3n) is 5.86. The fraction of sp³-hybridized carbons (Fsp3) is 0.250. The monoisotopic (exact) mass is 625 g/mol. The molecule has 12 heteroatoms. The number of carbonyl (C=O) groups is 1. The van der Waals surface area contributed by atoms with Crippen LogP contribution >= 0.6 is 27.3 Å². The maximum atomic E-state index is 13.8. The average molecular weight is 626 g/mol. The van der Waals surface area contributed by atoms with Gasteiger partial charge in [-0.15, -0.1) is 6.42 Å². The summed E-state index contributed by atoms with van der Waals surface area (Å²) in [4.78, 5) is 42.9. The average Bonchev–Trinajstić information content (AvgIpc) is 3.21. The number of halogens is 1. The number of carbonyl (C=O) groups excluding carboxylic acids is 1. The smallest absolute Gasteiger partial charge is 0.338 e. The van der Waals surface area contributed by atoms with Crippen molar-refractivity contribution in [1.82, 2.24) is 4.57 Å². The van der Waals surface area contributed by atoms with Gasteiger partial charge in [0, 0.05) is 6.07 Å². The topological polar surface area (TPSA) is 122 Å². The fourth-order valence-electron chi connectivity index (χ4n) is 4.25. The third-order valence-corrected chi connectivity index (χ3v) is 7.44. The van der Waals surface area contributed by atoms with Gasteiger partial charge in [0.15, 0.2) is 4.80 Å². The largest absolute Gasteiger partial charge is 0.494 e. The number of nitrogens with zero attached hydrogens (tertiary/aromatic N) is 3. The minimum Gasteiger partial charge on any atom is -0.494 e. The van der Waals surface area contributed by atoms with Crippen LogP contribution in [0.5, 0.6) is 11.5 Å². The lowest BCUT2D eigenvalue weighted by Gasteiger charge is -2.24. The van der Waals surface area contributed by atoms with Gasteiger partial charge in [-0.1, -0.05) is 29.4 Å². The van der Waals surface area contributed by atoms with Gasteiger partial charge in [-0.05, 0) is 72.1 Å². The molecule has 1 aliphatic heterocycles. The van der Waals surface area contributed by atoms with E-state index in [4.69, 9.17) is 20.6 Å². The number of esters is 1. The van der Waals surface area contributed by atoms with Gasteiger partial charge in [0.1, 0.15) is 12.4 Å². The van der Waals surface area contributed by atoms with Gasteiger partial charge in [-0.25, -0.2) is 9.79 Å². The molecule has 0 saturated heterocycles. The molecule has 0 spiro atoms. The fourth-order valence-corrected chi connectivity index (χ4v) is 5.87. The molecule has 2 aromatic carbocycles. The van der Waals surface area contributed by atoms with Crippen molar-refractivity contribution in [3.8, 4) is 23.8 Å². The number of hydrogen-bond acceptors (Lipinski definition) is 9. The maximum Gasteiger partial charge on any atom is 0.338 e. The van der Waals surface area contributed by atoms with E-state index in [9.17, 15) is 19.7 Å². The number of nitro benzene ring substituents is 1. The van der Waals surface area contributed by atoms with E-state index in [-0.39, 0.29) is 34.8 Å². The van der Waals surface area contributed by atoms with E-state index in [0.29, 0.717) is 38.5 Å². The quantitative estimate of drug-likeness (QED) is 0.153. The first-order chi connectivity index (χ1) is 19.2. The van der Waals surface area contributed by atoms with Crippen LogP contribution in [0.25, 0.3) is 6.08 Å². The zero-order valence-corrected chi connectivity index (χ0v) is 24.2. The number of terminal acetylenes is 1. The molecule has 1 aromatic heterocycles. The van der Waals surface area contributed by atoms with Gasteiger partial charge in [-0.3, -0.25) is 19.5 Å². The minimum absolute atomic E-state index is 0.00763. The molecule has 1 atom stereocenters. The first-order valence-electron chi connectivity index (χ1n) is 12.2. The summed E-state index contributed by atoms with van der Waals surface area (Å²) in [5, 5.41) is 11.7. The first kappa shape index (κ1) is 28.8. The summed E-state index contributed by atoms with van der Waals surface area (Å²) in [6.45, 7) is 5.78. The number of fused-ring (bicyclic) bond motifs is 1. The molecule has 3 aromatic rings. The predicted molar refractivity (Wildman–Crippen MR) is 153 cm³/mol. The highest BCUT2D eigenvalue weighted by molar-refractivity contribution is 9.10. The van der Waals surface area contributed by atoms with Crippen molar-refractivity contribution in [3.63, 3.8) is 0 Å². The molecule has 0 saturated carbocycles. The molecule has 10 nitrogen and oxygen atoms in total. The summed E-state index contributed by atoms with van der Waals surface area (Å²) < 4.78 is 18.2. The Kier molecular flexibility index (Phi) is 8.86. The number of hydrogen-bond donors (Lipinski definition) is 0. The van der Waals surface area contributed by atoms with Crippen molar-refractivity contribution in [2.45, 2.75) is 26.8 Å². The molecule has 206 valence electrons. The Morgan fingerprint density at radius 1 is 1.25 bits per heavy atom. The molecule has 0 unspecified atom stereocenters. The molecule has 40 heavy (non-hydrogen) atoms. The van der Waals surface area contributed by atoms with Gasteiger partial charge in [0.05, 0.1) is 44.5 Å². The van der Waals surface area contributed by atoms with Crippen molar-refractivity contribution < 1.29 is 23.9 Å². The predicted octanol–water partition coefficient (Wildman–Crippen LogP) is 3.88. The number of ether oxygens (including phenoxy) is 3. The Hall–Kier alpha value is -4.21. The molecular formula is C28H24BrN3O7S. The first-order valence-corrected chi connectivity index (χ1v) is 13.8. The molecule has 0 N–H and O–H groups in total. The summed E-state index contributed by atoms with van der Waals surface area (Å²) >= 11 is 4.41. The van der Waals surface area contributed by atoms with Crippen molar-refractivity contribution in [2.24, 2.45) is 4.99 Å². The highest BCUT2D eigenvalue weighted by atomic mass is 79.9. The van der Waals surface area contributed by atoms with Gasteiger partial charge in [-0.2, -0.15) is 0 Å². The lowest BCUT2D eigenvalue weighted by Crippen LogP contribution is -2.39. The Balaban J connectivity index is 1.90. The van der Waals surface area contributed by atoms with E-state index in [1.807, 2.05) is 6.92 Å². The molecule has 4 rings (SSSR count). The number of nitro groups is 1. The summed E-state index contributed by atoms with van der Waals surface area (Å²) in [6.07, 6.45) is 6.76. The van der Waals surface area contributed by atoms with Crippen molar-refractivity contribution >= 4 is 45.0 Å². The van der Waals surface area contributed by atoms with Crippen LogP contribution in [-0.2, 0) is 9.53 Å². The maximum absolute atomic E-state index is 13.8. The van der Waals surface area contributed by atoms with Crippen molar-refractivity contribution in [1.29, 1.82) is 0 Å². The van der Waals surface area contributed by atoms with Crippen LogP contribution in [0.15, 0.2) is 61.9 Å². The van der Waals surface area contributed by atoms with Crippen LogP contribution in [0.2, 0.25) is 0 Å². The highest BCUT2D eigenvalue weighted by Crippen LogP contribution is 2.37. The number of allylic oxidation sites excluding steroid dienone is 1. The Morgan fingerprint density at radius 2 is 1.98 bits per heavy atom. The van der Waals surface area contributed by atoms with Gasteiger partial charge < -0.3 is 14.2 Å². The Labute approximate surface area is 241 Å². The number of aromatic nitrogens is 1. The molecule has 0 radical (unpaired) electrons. The third kappa shape index (κ3) is 5.71. The molecule has 0 aliphatic carbocycles. The van der Waals surface area contributed by atoms with Crippen molar-refractivity contribution in [2.75, 3.05) is 19.8 Å². The molecule has 1 aliphatic rings. The SMILES string of the molecule is C#CCOc1c(Br)cc(/C=c2\sc3n(c2=O)[C@H](c2ccc(OCC)cc2)C(C(=O)OCC)=C(C)N=3)cc1[N+](=O)[O-]. The second-order valence-corrected chi connectivity index (χ2v) is 10.3. The summed E-state index contributed by atoms with van der Waals surface area (Å²) in [5.74, 6) is 2.35. The summed E-state index contributed by atoms with van der Waals surface area (Å²) in [7, 11) is 0. The van der Waals surface area contributed by atoms with Crippen LogP contribution in [0.1, 0.15) is 37.9 Å². The van der Waals surface area contributed by atoms with E-state index in [1.54, 1.807) is 44.2 Å². The lowest BCUT2D eigenvalue weighted by atomic mass is 9.96. The standard InChI is InChI=1S/C28H24BrN3O7S/c1-5-12-39-25-20(29)13-17(14-21(25)32(35)36)15-22-26(33)31-24(18-8-10-19(11-9-18)37-6-2)23(27(34)38-7-3)16(4)30-28(31)40-22/h1,8-11,13-15,24H,6-7,12H2,2-4H3/b22-15-/t24-/m1/s1. The molecule has 0 amide bonds. The zero-order chi connectivity index (χ0) is 29.0. The number of rotatable bonds is 9. The summed E-state index contributed by atoms with van der Waals surface area (Å²) in [6, 6.07) is 9.22. The van der Waals surface area contributed by atoms with Crippen LogP contribution in [0.3, 0.4) is 0 Å². The van der Waals surface area contributed by atoms with E-state index < -0.39 is 22.5 Å². The van der Waals surface area contributed by atoms with Gasteiger partial charge in [0.2, 0.25) is 5.75 Å². The number of benzene rings is 2. The Morgan fingerprint density at radius 3 is 2.60 bits per heavy atom. The van der Waals surface area contributed by atoms with Crippen LogP contribution in [0.4, 0.5) is 5.69 Å². The van der Waals surface area contributed by atoms with E-state index in [2.05, 4.69) is 26.8 Å². The second kappa shape index (κ2) is 12.3. The zero-order valence-electron chi connectivity index (χ0n) is 21.8. The number of thiazole rings is 1. The molecule has 2 heterocycles. The second-order valence-electron chi connectivity index (χ2n) is 8.41. The molecular weight excluding hydrogens is 602 g/mol. The van der Waals surface area contributed by atoms with Crippen LogP contribution in [0, 0.1) is 22.5 Å². The van der Waals surface area contributed by atoms with Gasteiger partial charge in [0.25, 0.3) is 5.56 Å².